The zero-order chi connectivity index (χ0) is 18.1. The van der Waals surface area contributed by atoms with Crippen molar-refractivity contribution in [3.05, 3.63) is 45.6 Å². The van der Waals surface area contributed by atoms with E-state index in [1.807, 2.05) is 35.7 Å². The number of nitrogens with zero attached hydrogens (tertiary/aromatic N) is 4. The third kappa shape index (κ3) is 2.44. The van der Waals surface area contributed by atoms with Gasteiger partial charge in [-0.15, -0.1) is 16.4 Å². The van der Waals surface area contributed by atoms with Crippen molar-refractivity contribution in [3.8, 4) is 11.4 Å². The fraction of sp³-hybridized carbons (Fsp3) is 0.316. The lowest BCUT2D eigenvalue weighted by atomic mass is 9.94. The number of halogens is 1. The number of fused-ring (bicyclic) bond motifs is 5. The Hall–Kier alpha value is -2.02. The molecular formula is C19H17ClN4OS. The van der Waals surface area contributed by atoms with E-state index in [1.54, 1.807) is 11.3 Å². The van der Waals surface area contributed by atoms with E-state index in [9.17, 15) is 0 Å². The van der Waals surface area contributed by atoms with Gasteiger partial charge in [-0.05, 0) is 38.5 Å². The van der Waals surface area contributed by atoms with E-state index < -0.39 is 0 Å². The molecule has 0 aliphatic carbocycles. The molecule has 0 bridgehead atoms. The number of hydrogen-bond donors (Lipinski definition) is 0. The second-order valence-corrected chi connectivity index (χ2v) is 8.77. The summed E-state index contributed by atoms with van der Waals surface area (Å²) in [5.41, 5.74) is 2.88. The average molecular weight is 385 g/mol. The van der Waals surface area contributed by atoms with Gasteiger partial charge in [-0.2, -0.15) is 4.52 Å². The molecule has 132 valence electrons. The normalized spacial score (nSPS) is 16.3. The molecule has 0 amide bonds. The molecule has 1 aliphatic heterocycles. The van der Waals surface area contributed by atoms with E-state index >= 15 is 0 Å². The highest BCUT2D eigenvalue weighted by Gasteiger charge is 2.31. The Balaban J connectivity index is 1.81. The fourth-order valence-corrected chi connectivity index (χ4v) is 4.83. The molecule has 0 N–H and O–H groups in total. The predicted molar refractivity (Wildman–Crippen MR) is 104 cm³/mol. The molecule has 26 heavy (non-hydrogen) atoms. The Morgan fingerprint density at radius 2 is 2.12 bits per heavy atom. The Morgan fingerprint density at radius 3 is 2.92 bits per heavy atom. The molecular weight excluding hydrogens is 368 g/mol. The van der Waals surface area contributed by atoms with Gasteiger partial charge in [-0.25, -0.2) is 9.97 Å². The quantitative estimate of drug-likeness (QED) is 0.472. The Labute approximate surface area is 159 Å². The van der Waals surface area contributed by atoms with Crippen molar-refractivity contribution in [2.75, 3.05) is 0 Å². The predicted octanol–water partition coefficient (Wildman–Crippen LogP) is 4.82. The lowest BCUT2D eigenvalue weighted by molar-refractivity contribution is -0.0379. The molecule has 7 heteroatoms. The van der Waals surface area contributed by atoms with E-state index in [-0.39, 0.29) is 5.60 Å². The fourth-order valence-electron chi connectivity index (χ4n) is 3.49. The van der Waals surface area contributed by atoms with Crippen LogP contribution >= 0.6 is 22.9 Å². The van der Waals surface area contributed by atoms with Crippen molar-refractivity contribution in [2.24, 2.45) is 0 Å². The Morgan fingerprint density at radius 1 is 1.27 bits per heavy atom. The van der Waals surface area contributed by atoms with Crippen molar-refractivity contribution < 1.29 is 4.74 Å². The summed E-state index contributed by atoms with van der Waals surface area (Å²) in [6, 6.07) is 7.62. The van der Waals surface area contributed by atoms with Gasteiger partial charge in [0, 0.05) is 21.9 Å². The molecule has 3 aromatic heterocycles. The molecule has 0 unspecified atom stereocenters. The van der Waals surface area contributed by atoms with Crippen molar-refractivity contribution in [1.29, 1.82) is 0 Å². The molecule has 1 aromatic carbocycles. The molecule has 4 heterocycles. The van der Waals surface area contributed by atoms with Gasteiger partial charge in [0.15, 0.2) is 11.5 Å². The summed E-state index contributed by atoms with van der Waals surface area (Å²) in [7, 11) is 0. The minimum atomic E-state index is -0.182. The topological polar surface area (TPSA) is 52.3 Å². The smallest absolute Gasteiger partial charge is 0.182 e. The van der Waals surface area contributed by atoms with Crippen LogP contribution in [0.2, 0.25) is 5.02 Å². The summed E-state index contributed by atoms with van der Waals surface area (Å²) in [4.78, 5) is 11.9. The lowest BCUT2D eigenvalue weighted by Crippen LogP contribution is -2.31. The summed E-state index contributed by atoms with van der Waals surface area (Å²) in [6.07, 6.45) is 0.849. The molecule has 0 saturated heterocycles. The largest absolute Gasteiger partial charge is 0.370 e. The third-order valence-corrected chi connectivity index (χ3v) is 6.09. The molecule has 5 nitrogen and oxygen atoms in total. The summed E-state index contributed by atoms with van der Waals surface area (Å²) in [5, 5.41) is 6.48. The minimum absolute atomic E-state index is 0.182. The first-order valence-corrected chi connectivity index (χ1v) is 9.68. The van der Waals surface area contributed by atoms with Crippen LogP contribution in [0.1, 0.15) is 30.1 Å². The van der Waals surface area contributed by atoms with Crippen LogP contribution in [0, 0.1) is 6.92 Å². The summed E-state index contributed by atoms with van der Waals surface area (Å²) < 4.78 is 7.82. The van der Waals surface area contributed by atoms with Crippen LogP contribution in [0.3, 0.4) is 0 Å². The van der Waals surface area contributed by atoms with Crippen LogP contribution in [0.4, 0.5) is 0 Å². The Kier molecular flexibility index (Phi) is 3.41. The van der Waals surface area contributed by atoms with Gasteiger partial charge in [0.1, 0.15) is 10.7 Å². The first-order chi connectivity index (χ1) is 12.4. The first kappa shape index (κ1) is 16.2. The van der Waals surface area contributed by atoms with Gasteiger partial charge < -0.3 is 4.74 Å². The summed E-state index contributed by atoms with van der Waals surface area (Å²) in [6.45, 7) is 6.84. The van der Waals surface area contributed by atoms with Crippen molar-refractivity contribution in [1.82, 2.24) is 19.6 Å². The van der Waals surface area contributed by atoms with Gasteiger partial charge >= 0.3 is 0 Å². The van der Waals surface area contributed by atoms with Crippen LogP contribution in [-0.2, 0) is 17.8 Å². The zero-order valence-electron chi connectivity index (χ0n) is 14.7. The molecule has 5 rings (SSSR count). The van der Waals surface area contributed by atoms with E-state index in [2.05, 4.69) is 13.8 Å². The van der Waals surface area contributed by atoms with Crippen LogP contribution in [0.15, 0.2) is 24.3 Å². The summed E-state index contributed by atoms with van der Waals surface area (Å²) in [5.74, 6) is 1.49. The number of benzene rings is 1. The maximum atomic E-state index is 6.14. The van der Waals surface area contributed by atoms with Gasteiger partial charge in [0.2, 0.25) is 0 Å². The molecule has 4 aromatic rings. The monoisotopic (exact) mass is 384 g/mol. The molecule has 0 radical (unpaired) electrons. The van der Waals surface area contributed by atoms with Gasteiger partial charge in [-0.1, -0.05) is 23.7 Å². The zero-order valence-corrected chi connectivity index (χ0v) is 16.3. The minimum Gasteiger partial charge on any atom is -0.370 e. The number of thiophene rings is 1. The van der Waals surface area contributed by atoms with Crippen LogP contribution in [0.25, 0.3) is 27.3 Å². The molecule has 0 saturated carbocycles. The Bertz CT molecular complexity index is 1180. The van der Waals surface area contributed by atoms with Crippen LogP contribution in [-0.4, -0.2) is 25.2 Å². The number of ether oxygens (including phenoxy) is 1. The van der Waals surface area contributed by atoms with Gasteiger partial charge in [0.05, 0.1) is 17.6 Å². The molecule has 0 spiro atoms. The van der Waals surface area contributed by atoms with E-state index in [0.717, 1.165) is 33.7 Å². The van der Waals surface area contributed by atoms with Crippen LogP contribution < -0.4 is 0 Å². The third-order valence-electron chi connectivity index (χ3n) is 4.75. The SMILES string of the molecule is Cc1nc2sc3c(c2c2nc(-c4cccc(Cl)c4)nn12)CC(C)(C)OC3. The molecule has 0 fully saturated rings. The average Bonchev–Trinajstić information content (AvgIpc) is 3.15. The first-order valence-electron chi connectivity index (χ1n) is 8.49. The van der Waals surface area contributed by atoms with E-state index in [1.165, 1.54) is 10.4 Å². The van der Waals surface area contributed by atoms with Gasteiger partial charge in [0.25, 0.3) is 0 Å². The number of rotatable bonds is 1. The maximum Gasteiger partial charge on any atom is 0.182 e. The van der Waals surface area contributed by atoms with Crippen molar-refractivity contribution >= 4 is 38.8 Å². The van der Waals surface area contributed by atoms with E-state index in [0.29, 0.717) is 17.5 Å². The number of aromatic nitrogens is 4. The van der Waals surface area contributed by atoms with Crippen molar-refractivity contribution in [2.45, 2.75) is 39.4 Å². The second-order valence-electron chi connectivity index (χ2n) is 7.25. The molecule has 1 aliphatic rings. The van der Waals surface area contributed by atoms with E-state index in [4.69, 9.17) is 31.4 Å². The highest BCUT2D eigenvalue weighted by atomic mass is 35.5. The van der Waals surface area contributed by atoms with Crippen molar-refractivity contribution in [3.63, 3.8) is 0 Å². The standard InChI is InChI=1S/C19H17ClN4OS/c1-10-21-18-15(13-8-19(2,3)25-9-14(13)26-18)17-22-16(23-24(10)17)11-5-4-6-12(20)7-11/h4-7H,8-9H2,1-3H3. The highest BCUT2D eigenvalue weighted by molar-refractivity contribution is 7.19. The lowest BCUT2D eigenvalue weighted by Gasteiger charge is -2.30. The summed E-state index contributed by atoms with van der Waals surface area (Å²) >= 11 is 7.84. The maximum absolute atomic E-state index is 6.14. The van der Waals surface area contributed by atoms with Crippen LogP contribution in [0.5, 0.6) is 0 Å². The number of aryl methyl sites for hydroxylation is 1. The molecule has 0 atom stereocenters. The van der Waals surface area contributed by atoms with Gasteiger partial charge in [-0.3, -0.25) is 0 Å². The second kappa shape index (κ2) is 5.49. The number of hydrogen-bond acceptors (Lipinski definition) is 5. The highest BCUT2D eigenvalue weighted by Crippen LogP contribution is 2.40.